The summed E-state index contributed by atoms with van der Waals surface area (Å²) in [5.41, 5.74) is 2.14. The first kappa shape index (κ1) is 14.5. The number of hydrogen-bond donors (Lipinski definition) is 0. The lowest BCUT2D eigenvalue weighted by Gasteiger charge is -2.23. The first-order valence-electron chi connectivity index (χ1n) is 8.42. The number of rotatable bonds is 3. The molecule has 2 saturated heterocycles. The molecule has 22 heavy (non-hydrogen) atoms. The van der Waals surface area contributed by atoms with Crippen LogP contribution in [0.2, 0.25) is 0 Å². The van der Waals surface area contributed by atoms with Gasteiger partial charge in [0.2, 0.25) is 0 Å². The number of fused-ring (bicyclic) bond motifs is 1. The molecule has 4 heterocycles. The summed E-state index contributed by atoms with van der Waals surface area (Å²) in [6, 6.07) is 4.11. The van der Waals surface area contributed by atoms with Crippen molar-refractivity contribution in [2.45, 2.75) is 43.4 Å². The van der Waals surface area contributed by atoms with Gasteiger partial charge in [-0.1, -0.05) is 6.42 Å². The highest BCUT2D eigenvalue weighted by Crippen LogP contribution is 2.32. The Balaban J connectivity index is 1.69. The van der Waals surface area contributed by atoms with Crippen LogP contribution < -0.4 is 0 Å². The fraction of sp³-hybridized carbons (Fsp3) is 0.647. The summed E-state index contributed by atoms with van der Waals surface area (Å²) in [6.07, 6.45) is 7.21. The molecule has 0 aromatic carbocycles. The van der Waals surface area contributed by atoms with Gasteiger partial charge in [0.25, 0.3) is 0 Å². The zero-order valence-electron chi connectivity index (χ0n) is 13.2. The van der Waals surface area contributed by atoms with Gasteiger partial charge in [-0.05, 0) is 50.7 Å². The Bertz CT molecular complexity index is 647. The van der Waals surface area contributed by atoms with Gasteiger partial charge in [0.05, 0.1) is 0 Å². The third kappa shape index (κ3) is 2.76. The van der Waals surface area contributed by atoms with E-state index in [1.807, 2.05) is 12.3 Å². The van der Waals surface area contributed by atoms with E-state index < -0.39 is 0 Å². The van der Waals surface area contributed by atoms with Crippen molar-refractivity contribution in [1.82, 2.24) is 19.4 Å². The number of thioether (sulfide) groups is 1. The monoisotopic (exact) mass is 316 g/mol. The summed E-state index contributed by atoms with van der Waals surface area (Å²) in [6.45, 7) is 3.38. The minimum atomic E-state index is 0.563. The minimum Gasteiger partial charge on any atom is -0.311 e. The Morgan fingerprint density at radius 3 is 3.05 bits per heavy atom. The first-order chi connectivity index (χ1) is 10.8. The van der Waals surface area contributed by atoms with Crippen molar-refractivity contribution in [1.29, 1.82) is 0 Å². The van der Waals surface area contributed by atoms with Gasteiger partial charge in [-0.3, -0.25) is 0 Å². The smallest absolute Gasteiger partial charge is 0.160 e. The SMILES string of the molecule is CN1CCC(c2nc3cccnc3n2CC2CCCCS2)C1. The largest absolute Gasteiger partial charge is 0.311 e. The highest BCUT2D eigenvalue weighted by Gasteiger charge is 2.28. The molecule has 0 aliphatic carbocycles. The molecule has 0 saturated carbocycles. The zero-order chi connectivity index (χ0) is 14.9. The van der Waals surface area contributed by atoms with Crippen LogP contribution in [0.25, 0.3) is 11.2 Å². The Morgan fingerprint density at radius 2 is 2.27 bits per heavy atom. The molecule has 2 aliphatic heterocycles. The van der Waals surface area contributed by atoms with Crippen LogP contribution in [0, 0.1) is 0 Å². The molecule has 0 spiro atoms. The van der Waals surface area contributed by atoms with Crippen molar-refractivity contribution in [2.24, 2.45) is 0 Å². The summed E-state index contributed by atoms with van der Waals surface area (Å²) < 4.78 is 2.43. The maximum absolute atomic E-state index is 4.96. The molecule has 118 valence electrons. The van der Waals surface area contributed by atoms with Crippen LogP contribution in [0.1, 0.15) is 37.4 Å². The van der Waals surface area contributed by atoms with E-state index in [2.05, 4.69) is 39.3 Å². The summed E-state index contributed by atoms with van der Waals surface area (Å²) >= 11 is 2.13. The van der Waals surface area contributed by atoms with E-state index in [1.165, 1.54) is 43.8 Å². The topological polar surface area (TPSA) is 34.0 Å². The molecule has 2 fully saturated rings. The zero-order valence-corrected chi connectivity index (χ0v) is 14.1. The normalized spacial score (nSPS) is 26.8. The third-order valence-electron chi connectivity index (χ3n) is 4.95. The van der Waals surface area contributed by atoms with Gasteiger partial charge in [-0.15, -0.1) is 0 Å². The fourth-order valence-corrected chi connectivity index (χ4v) is 5.06. The average molecular weight is 316 g/mol. The standard InChI is InChI=1S/C17H24N4S/c1-20-9-7-13(11-20)16-19-15-6-4-8-18-17(15)21(16)12-14-5-2-3-10-22-14/h4,6,8,13-14H,2-3,5,7,9-12H2,1H3. The van der Waals surface area contributed by atoms with Gasteiger partial charge in [-0.2, -0.15) is 11.8 Å². The van der Waals surface area contributed by atoms with Gasteiger partial charge in [0, 0.05) is 30.5 Å². The first-order valence-corrected chi connectivity index (χ1v) is 9.47. The predicted octanol–water partition coefficient (Wildman–Crippen LogP) is 3.14. The lowest BCUT2D eigenvalue weighted by atomic mass is 10.1. The second-order valence-corrected chi connectivity index (χ2v) is 8.07. The van der Waals surface area contributed by atoms with Crippen LogP contribution in [0.5, 0.6) is 0 Å². The van der Waals surface area contributed by atoms with E-state index in [0.717, 1.165) is 29.5 Å². The van der Waals surface area contributed by atoms with Crippen molar-refractivity contribution >= 4 is 22.9 Å². The summed E-state index contributed by atoms with van der Waals surface area (Å²) in [5, 5.41) is 0.728. The molecule has 2 unspecified atom stereocenters. The van der Waals surface area contributed by atoms with Crippen LogP contribution in [-0.4, -0.2) is 50.6 Å². The van der Waals surface area contributed by atoms with Gasteiger partial charge < -0.3 is 9.47 Å². The molecule has 0 bridgehead atoms. The number of hydrogen-bond acceptors (Lipinski definition) is 4. The Morgan fingerprint density at radius 1 is 1.32 bits per heavy atom. The van der Waals surface area contributed by atoms with Gasteiger partial charge in [0.1, 0.15) is 11.3 Å². The van der Waals surface area contributed by atoms with Crippen LogP contribution in [0.4, 0.5) is 0 Å². The molecule has 4 rings (SSSR count). The lowest BCUT2D eigenvalue weighted by Crippen LogP contribution is -2.21. The van der Waals surface area contributed by atoms with E-state index in [9.17, 15) is 0 Å². The molecule has 5 heteroatoms. The van der Waals surface area contributed by atoms with Crippen molar-refractivity contribution in [3.63, 3.8) is 0 Å². The van der Waals surface area contributed by atoms with Crippen LogP contribution in [0.15, 0.2) is 18.3 Å². The molecule has 0 amide bonds. The number of nitrogens with zero attached hydrogens (tertiary/aromatic N) is 4. The minimum absolute atomic E-state index is 0.563. The van der Waals surface area contributed by atoms with Crippen molar-refractivity contribution in [3.8, 4) is 0 Å². The van der Waals surface area contributed by atoms with Crippen LogP contribution >= 0.6 is 11.8 Å². The van der Waals surface area contributed by atoms with Gasteiger partial charge in [-0.25, -0.2) is 9.97 Å². The van der Waals surface area contributed by atoms with Crippen LogP contribution in [-0.2, 0) is 6.54 Å². The van der Waals surface area contributed by atoms with E-state index in [-0.39, 0.29) is 0 Å². The molecule has 4 nitrogen and oxygen atoms in total. The molecular weight excluding hydrogens is 292 g/mol. The summed E-state index contributed by atoms with van der Waals surface area (Å²) in [4.78, 5) is 12.0. The lowest BCUT2D eigenvalue weighted by molar-refractivity contribution is 0.407. The van der Waals surface area contributed by atoms with Gasteiger partial charge >= 0.3 is 0 Å². The number of likely N-dealkylation sites (N-methyl/N-ethyl adjacent to an activating group) is 1. The second-order valence-electron chi connectivity index (χ2n) is 6.66. The van der Waals surface area contributed by atoms with Crippen LogP contribution in [0.3, 0.4) is 0 Å². The van der Waals surface area contributed by atoms with Gasteiger partial charge in [0.15, 0.2) is 5.65 Å². The molecular formula is C17H24N4S. The number of imidazole rings is 1. The maximum atomic E-state index is 4.96. The Hall–Kier alpha value is -1.07. The van der Waals surface area contributed by atoms with Crippen molar-refractivity contribution in [3.05, 3.63) is 24.2 Å². The predicted molar refractivity (Wildman–Crippen MR) is 92.5 cm³/mol. The molecule has 2 aromatic heterocycles. The molecule has 2 aromatic rings. The fourth-order valence-electron chi connectivity index (χ4n) is 3.77. The highest BCUT2D eigenvalue weighted by molar-refractivity contribution is 7.99. The third-order valence-corrected chi connectivity index (χ3v) is 6.33. The number of likely N-dealkylation sites (tertiary alicyclic amines) is 1. The quantitative estimate of drug-likeness (QED) is 0.871. The second kappa shape index (κ2) is 6.20. The molecule has 2 aliphatic rings. The van der Waals surface area contributed by atoms with Crippen molar-refractivity contribution in [2.75, 3.05) is 25.9 Å². The van der Waals surface area contributed by atoms with E-state index in [1.54, 1.807) is 0 Å². The Labute approximate surface area is 136 Å². The van der Waals surface area contributed by atoms with E-state index in [0.29, 0.717) is 5.92 Å². The van der Waals surface area contributed by atoms with E-state index >= 15 is 0 Å². The number of aromatic nitrogens is 3. The molecule has 0 N–H and O–H groups in total. The highest BCUT2D eigenvalue weighted by atomic mass is 32.2. The number of pyridine rings is 1. The van der Waals surface area contributed by atoms with E-state index in [4.69, 9.17) is 4.98 Å². The summed E-state index contributed by atoms with van der Waals surface area (Å²) in [5.74, 6) is 3.14. The summed E-state index contributed by atoms with van der Waals surface area (Å²) in [7, 11) is 2.21. The Kier molecular flexibility index (Phi) is 4.09. The average Bonchev–Trinajstić information content (AvgIpc) is 3.13. The molecule has 0 radical (unpaired) electrons. The molecule has 2 atom stereocenters. The maximum Gasteiger partial charge on any atom is 0.160 e. The van der Waals surface area contributed by atoms with Crippen molar-refractivity contribution < 1.29 is 0 Å².